The van der Waals surface area contributed by atoms with Gasteiger partial charge in [-0.05, 0) is 17.7 Å². The molecule has 0 aromatic heterocycles. The maximum atomic E-state index is 12.9. The first-order valence-electron chi connectivity index (χ1n) is 5.10. The quantitative estimate of drug-likeness (QED) is 0.886. The van der Waals surface area contributed by atoms with Crippen molar-refractivity contribution in [2.24, 2.45) is 5.73 Å². The van der Waals surface area contributed by atoms with E-state index in [9.17, 15) is 8.78 Å². The highest BCUT2D eigenvalue weighted by molar-refractivity contribution is 5.33. The second-order valence-electron chi connectivity index (χ2n) is 3.56. The van der Waals surface area contributed by atoms with E-state index in [1.807, 2.05) is 0 Å². The zero-order valence-corrected chi connectivity index (χ0v) is 8.99. The first-order valence-corrected chi connectivity index (χ1v) is 5.10. The van der Waals surface area contributed by atoms with Crippen LogP contribution >= 0.6 is 0 Å². The summed E-state index contributed by atoms with van der Waals surface area (Å²) in [6.45, 7) is 0.439. The molecule has 0 unspecified atom stereocenters. The van der Waals surface area contributed by atoms with E-state index in [0.29, 0.717) is 12.3 Å². The molecule has 2 rings (SSSR count). The van der Waals surface area contributed by atoms with Gasteiger partial charge < -0.3 is 10.5 Å². The minimum atomic E-state index is -0.668. The van der Waals surface area contributed by atoms with Crippen LogP contribution in [0.15, 0.2) is 42.5 Å². The van der Waals surface area contributed by atoms with Crippen molar-refractivity contribution in [2.45, 2.75) is 6.54 Å². The molecule has 0 aliphatic rings. The van der Waals surface area contributed by atoms with Gasteiger partial charge >= 0.3 is 0 Å². The molecule has 0 amide bonds. The zero-order chi connectivity index (χ0) is 12.3. The number of ether oxygens (including phenoxy) is 1. The molecule has 17 heavy (non-hydrogen) atoms. The lowest BCUT2D eigenvalue weighted by molar-refractivity contribution is 0.468. The topological polar surface area (TPSA) is 35.2 Å². The highest BCUT2D eigenvalue weighted by Gasteiger charge is 2.02. The van der Waals surface area contributed by atoms with Gasteiger partial charge in [-0.3, -0.25) is 0 Å². The van der Waals surface area contributed by atoms with Crippen LogP contribution in [-0.2, 0) is 6.54 Å². The maximum Gasteiger partial charge on any atom is 0.133 e. The predicted molar refractivity (Wildman–Crippen MR) is 60.8 cm³/mol. The first-order chi connectivity index (χ1) is 8.17. The van der Waals surface area contributed by atoms with Crippen LogP contribution in [-0.4, -0.2) is 0 Å². The molecule has 2 aromatic rings. The number of hydrogen-bond acceptors (Lipinski definition) is 2. The molecule has 0 aliphatic carbocycles. The molecule has 0 fully saturated rings. The Balaban J connectivity index is 2.19. The van der Waals surface area contributed by atoms with Gasteiger partial charge in [0.05, 0.1) is 0 Å². The zero-order valence-electron chi connectivity index (χ0n) is 8.99. The van der Waals surface area contributed by atoms with Crippen molar-refractivity contribution >= 4 is 0 Å². The highest BCUT2D eigenvalue weighted by Crippen LogP contribution is 2.23. The fourth-order valence-corrected chi connectivity index (χ4v) is 1.42. The van der Waals surface area contributed by atoms with Gasteiger partial charge in [0, 0.05) is 24.7 Å². The van der Waals surface area contributed by atoms with Crippen LogP contribution in [0, 0.1) is 11.6 Å². The SMILES string of the molecule is NCc1ccc(Oc2cc(F)cc(F)c2)cc1. The van der Waals surface area contributed by atoms with Crippen molar-refractivity contribution in [1.82, 2.24) is 0 Å². The third-order valence-electron chi connectivity index (χ3n) is 2.23. The molecule has 88 valence electrons. The Morgan fingerprint density at radius 3 is 2.00 bits per heavy atom. The lowest BCUT2D eigenvalue weighted by Crippen LogP contribution is -1.95. The average molecular weight is 235 g/mol. The van der Waals surface area contributed by atoms with Crippen LogP contribution < -0.4 is 10.5 Å². The molecule has 0 atom stereocenters. The summed E-state index contributed by atoms with van der Waals surface area (Å²) in [4.78, 5) is 0. The Kier molecular flexibility index (Phi) is 3.35. The second-order valence-corrected chi connectivity index (χ2v) is 3.56. The Morgan fingerprint density at radius 1 is 0.882 bits per heavy atom. The van der Waals surface area contributed by atoms with E-state index in [4.69, 9.17) is 10.5 Å². The van der Waals surface area contributed by atoms with E-state index in [-0.39, 0.29) is 5.75 Å². The molecule has 0 bridgehead atoms. The molecule has 0 saturated carbocycles. The van der Waals surface area contributed by atoms with Gasteiger partial charge in [0.2, 0.25) is 0 Å². The number of halogens is 2. The average Bonchev–Trinajstić information content (AvgIpc) is 2.28. The Bertz CT molecular complexity index is 491. The minimum Gasteiger partial charge on any atom is -0.457 e. The van der Waals surface area contributed by atoms with E-state index in [2.05, 4.69) is 0 Å². The normalized spacial score (nSPS) is 10.3. The van der Waals surface area contributed by atoms with Crippen LogP contribution in [0.25, 0.3) is 0 Å². The van der Waals surface area contributed by atoms with Crippen LogP contribution in [0.2, 0.25) is 0 Å². The molecule has 0 heterocycles. The smallest absolute Gasteiger partial charge is 0.133 e. The van der Waals surface area contributed by atoms with E-state index in [0.717, 1.165) is 23.8 Å². The van der Waals surface area contributed by atoms with E-state index in [1.54, 1.807) is 24.3 Å². The van der Waals surface area contributed by atoms with Gasteiger partial charge in [0.1, 0.15) is 23.1 Å². The van der Waals surface area contributed by atoms with E-state index < -0.39 is 11.6 Å². The Hall–Kier alpha value is -1.94. The first kappa shape index (κ1) is 11.5. The van der Waals surface area contributed by atoms with Gasteiger partial charge in [-0.25, -0.2) is 8.78 Å². The number of hydrogen-bond donors (Lipinski definition) is 1. The third-order valence-corrected chi connectivity index (χ3v) is 2.23. The largest absolute Gasteiger partial charge is 0.457 e. The highest BCUT2D eigenvalue weighted by atomic mass is 19.1. The van der Waals surface area contributed by atoms with Crippen molar-refractivity contribution in [3.8, 4) is 11.5 Å². The van der Waals surface area contributed by atoms with Crippen molar-refractivity contribution in [3.05, 3.63) is 59.7 Å². The summed E-state index contributed by atoms with van der Waals surface area (Å²) in [5.74, 6) is -0.702. The van der Waals surface area contributed by atoms with Crippen LogP contribution in [0.3, 0.4) is 0 Å². The van der Waals surface area contributed by atoms with Crippen molar-refractivity contribution in [3.63, 3.8) is 0 Å². The number of nitrogens with two attached hydrogens (primary N) is 1. The molecule has 0 radical (unpaired) electrons. The summed E-state index contributed by atoms with van der Waals surface area (Å²) in [5, 5.41) is 0. The molecule has 0 spiro atoms. The molecule has 2 N–H and O–H groups in total. The molecule has 0 aliphatic heterocycles. The van der Waals surface area contributed by atoms with E-state index >= 15 is 0 Å². The van der Waals surface area contributed by atoms with Gasteiger partial charge in [-0.2, -0.15) is 0 Å². The number of rotatable bonds is 3. The van der Waals surface area contributed by atoms with Crippen molar-refractivity contribution in [1.29, 1.82) is 0 Å². The fourth-order valence-electron chi connectivity index (χ4n) is 1.42. The number of benzene rings is 2. The molecular formula is C13H11F2NO. The Labute approximate surface area is 97.6 Å². The molecule has 0 saturated heterocycles. The Morgan fingerprint density at radius 2 is 1.47 bits per heavy atom. The lowest BCUT2D eigenvalue weighted by Gasteiger charge is -2.06. The summed E-state index contributed by atoms with van der Waals surface area (Å²) < 4.78 is 31.1. The van der Waals surface area contributed by atoms with Crippen LogP contribution in [0.1, 0.15) is 5.56 Å². The predicted octanol–water partition coefficient (Wildman–Crippen LogP) is 3.22. The lowest BCUT2D eigenvalue weighted by atomic mass is 10.2. The van der Waals surface area contributed by atoms with Crippen molar-refractivity contribution in [2.75, 3.05) is 0 Å². The van der Waals surface area contributed by atoms with Gasteiger partial charge in [-0.15, -0.1) is 0 Å². The summed E-state index contributed by atoms with van der Waals surface area (Å²) in [5.41, 5.74) is 6.41. The fraction of sp³-hybridized carbons (Fsp3) is 0.0769. The third kappa shape index (κ3) is 3.01. The second kappa shape index (κ2) is 4.93. The summed E-state index contributed by atoms with van der Waals surface area (Å²) >= 11 is 0. The van der Waals surface area contributed by atoms with Gasteiger partial charge in [0.25, 0.3) is 0 Å². The molecule has 4 heteroatoms. The molecule has 2 aromatic carbocycles. The molecule has 2 nitrogen and oxygen atoms in total. The minimum absolute atomic E-state index is 0.128. The monoisotopic (exact) mass is 235 g/mol. The summed E-state index contributed by atoms with van der Waals surface area (Å²) in [7, 11) is 0. The van der Waals surface area contributed by atoms with E-state index in [1.165, 1.54) is 0 Å². The standard InChI is InChI=1S/C13H11F2NO/c14-10-5-11(15)7-13(6-10)17-12-3-1-9(8-16)2-4-12/h1-7H,8,16H2. The molecular weight excluding hydrogens is 224 g/mol. The van der Waals surface area contributed by atoms with Crippen LogP contribution in [0.4, 0.5) is 8.78 Å². The van der Waals surface area contributed by atoms with Gasteiger partial charge in [-0.1, -0.05) is 12.1 Å². The van der Waals surface area contributed by atoms with Crippen LogP contribution in [0.5, 0.6) is 11.5 Å². The van der Waals surface area contributed by atoms with Crippen molar-refractivity contribution < 1.29 is 13.5 Å². The summed E-state index contributed by atoms with van der Waals surface area (Å²) in [6.07, 6.45) is 0. The maximum absolute atomic E-state index is 12.9. The summed E-state index contributed by atoms with van der Waals surface area (Å²) in [6, 6.07) is 10.0. The van der Waals surface area contributed by atoms with Gasteiger partial charge in [0.15, 0.2) is 0 Å².